The summed E-state index contributed by atoms with van der Waals surface area (Å²) >= 11 is 0. The van der Waals surface area contributed by atoms with Crippen molar-refractivity contribution in [2.24, 2.45) is 5.41 Å². The van der Waals surface area contributed by atoms with Gasteiger partial charge in [0.15, 0.2) is 0 Å². The van der Waals surface area contributed by atoms with Gasteiger partial charge in [-0.2, -0.15) is 0 Å². The zero-order chi connectivity index (χ0) is 18.6. The molecule has 0 spiro atoms. The van der Waals surface area contributed by atoms with Crippen LogP contribution in [0.3, 0.4) is 0 Å². The smallest absolute Gasteiger partial charge is 0.127 e. The van der Waals surface area contributed by atoms with E-state index in [4.69, 9.17) is 4.74 Å². The van der Waals surface area contributed by atoms with E-state index in [1.807, 2.05) is 13.8 Å². The van der Waals surface area contributed by atoms with Gasteiger partial charge in [-0.1, -0.05) is 90.7 Å². The molecule has 0 bridgehead atoms. The Morgan fingerprint density at radius 2 is 1.20 bits per heavy atom. The molecular weight excluding hydrogens is 308 g/mol. The summed E-state index contributed by atoms with van der Waals surface area (Å²) in [5, 5.41) is 0. The van der Waals surface area contributed by atoms with E-state index in [1.165, 1.54) is 83.5 Å². The minimum absolute atomic E-state index is 0.331. The van der Waals surface area contributed by atoms with E-state index in [2.05, 4.69) is 19.1 Å². The van der Waals surface area contributed by atoms with E-state index in [-0.39, 0.29) is 5.41 Å². The van der Waals surface area contributed by atoms with Crippen LogP contribution in [0.5, 0.6) is 0 Å². The van der Waals surface area contributed by atoms with Crippen molar-refractivity contribution >= 4 is 6.29 Å². The lowest BCUT2D eigenvalue weighted by Gasteiger charge is -2.16. The molecule has 0 fully saturated rings. The predicted octanol–water partition coefficient (Wildman–Crippen LogP) is 7.27. The van der Waals surface area contributed by atoms with Gasteiger partial charge in [-0.25, -0.2) is 0 Å². The monoisotopic (exact) mass is 352 g/mol. The Bertz CT molecular complexity index is 307. The van der Waals surface area contributed by atoms with E-state index >= 15 is 0 Å². The fourth-order valence-electron chi connectivity index (χ4n) is 2.82. The highest BCUT2D eigenvalue weighted by Gasteiger charge is 2.15. The molecule has 0 aliphatic rings. The molecule has 0 aliphatic carbocycles. The van der Waals surface area contributed by atoms with E-state index in [9.17, 15) is 4.79 Å². The number of carbonyl (C=O) groups is 1. The maximum absolute atomic E-state index is 10.8. The van der Waals surface area contributed by atoms with Crippen LogP contribution in [-0.4, -0.2) is 19.5 Å². The molecule has 0 aromatic heterocycles. The minimum Gasteiger partial charge on any atom is -0.380 e. The minimum atomic E-state index is -0.331. The summed E-state index contributed by atoms with van der Waals surface area (Å²) in [5.74, 6) is 0. The molecule has 0 rings (SSSR count). The Labute approximate surface area is 157 Å². The second-order valence-electron chi connectivity index (χ2n) is 8.10. The molecule has 0 N–H and O–H groups in total. The van der Waals surface area contributed by atoms with Crippen LogP contribution < -0.4 is 0 Å². The van der Waals surface area contributed by atoms with Crippen LogP contribution in [-0.2, 0) is 9.53 Å². The number of hydrogen-bond donors (Lipinski definition) is 0. The molecule has 0 unspecified atom stereocenters. The first kappa shape index (κ1) is 24.4. The van der Waals surface area contributed by atoms with Crippen molar-refractivity contribution in [3.05, 3.63) is 12.2 Å². The molecule has 0 saturated carbocycles. The molecule has 0 aromatic carbocycles. The maximum Gasteiger partial charge on any atom is 0.127 e. The van der Waals surface area contributed by atoms with Crippen molar-refractivity contribution in [1.29, 1.82) is 0 Å². The van der Waals surface area contributed by atoms with Crippen LogP contribution in [0.4, 0.5) is 0 Å². The van der Waals surface area contributed by atoms with Gasteiger partial charge in [-0.05, 0) is 32.1 Å². The number of rotatable bonds is 19. The lowest BCUT2D eigenvalue weighted by atomic mass is 9.98. The molecule has 0 amide bonds. The van der Waals surface area contributed by atoms with Gasteiger partial charge in [0.2, 0.25) is 0 Å². The zero-order valence-corrected chi connectivity index (χ0v) is 17.4. The second-order valence-corrected chi connectivity index (χ2v) is 8.10. The molecule has 25 heavy (non-hydrogen) atoms. The molecule has 2 nitrogen and oxygen atoms in total. The maximum atomic E-state index is 10.8. The van der Waals surface area contributed by atoms with Gasteiger partial charge >= 0.3 is 0 Å². The van der Waals surface area contributed by atoms with E-state index in [1.54, 1.807) is 0 Å². The Morgan fingerprint density at radius 3 is 1.72 bits per heavy atom. The van der Waals surface area contributed by atoms with E-state index in [0.717, 1.165) is 19.3 Å². The van der Waals surface area contributed by atoms with Crippen molar-refractivity contribution in [2.75, 3.05) is 13.2 Å². The largest absolute Gasteiger partial charge is 0.380 e. The van der Waals surface area contributed by atoms with Crippen molar-refractivity contribution in [3.8, 4) is 0 Å². The third-order valence-electron chi connectivity index (χ3n) is 4.59. The molecule has 0 heterocycles. The average molecular weight is 353 g/mol. The first-order chi connectivity index (χ1) is 12.1. The number of aldehydes is 1. The molecule has 0 aromatic rings. The first-order valence-corrected chi connectivity index (χ1v) is 10.8. The lowest BCUT2D eigenvalue weighted by Crippen LogP contribution is -2.21. The fraction of sp³-hybridized carbons (Fsp3) is 0.870. The third-order valence-corrected chi connectivity index (χ3v) is 4.59. The topological polar surface area (TPSA) is 26.3 Å². The summed E-state index contributed by atoms with van der Waals surface area (Å²) in [5.41, 5.74) is -0.331. The van der Waals surface area contributed by atoms with Crippen LogP contribution in [0.15, 0.2) is 12.2 Å². The number of allylic oxidation sites excluding steroid dienone is 2. The van der Waals surface area contributed by atoms with Crippen molar-refractivity contribution in [1.82, 2.24) is 0 Å². The van der Waals surface area contributed by atoms with Gasteiger partial charge in [0.05, 0.1) is 6.61 Å². The molecule has 0 atom stereocenters. The molecule has 0 saturated heterocycles. The molecular formula is C23H44O2. The summed E-state index contributed by atoms with van der Waals surface area (Å²) in [4.78, 5) is 10.8. The normalized spacial score (nSPS) is 12.1. The van der Waals surface area contributed by atoms with Crippen LogP contribution in [0.25, 0.3) is 0 Å². The van der Waals surface area contributed by atoms with Crippen molar-refractivity contribution in [2.45, 2.75) is 111 Å². The summed E-state index contributed by atoms with van der Waals surface area (Å²) < 4.78 is 5.57. The highest BCUT2D eigenvalue weighted by Crippen LogP contribution is 2.12. The molecule has 0 radical (unpaired) electrons. The summed E-state index contributed by atoms with van der Waals surface area (Å²) in [6, 6.07) is 0. The van der Waals surface area contributed by atoms with Gasteiger partial charge in [-0.3, -0.25) is 0 Å². The van der Waals surface area contributed by atoms with Crippen LogP contribution in [0.1, 0.15) is 111 Å². The lowest BCUT2D eigenvalue weighted by molar-refractivity contribution is -0.117. The van der Waals surface area contributed by atoms with E-state index < -0.39 is 0 Å². The Morgan fingerprint density at radius 1 is 0.720 bits per heavy atom. The quantitative estimate of drug-likeness (QED) is 0.139. The van der Waals surface area contributed by atoms with E-state index in [0.29, 0.717) is 6.61 Å². The highest BCUT2D eigenvalue weighted by atomic mass is 16.5. The Balaban J connectivity index is 3.16. The van der Waals surface area contributed by atoms with Gasteiger partial charge in [-0.15, -0.1) is 0 Å². The van der Waals surface area contributed by atoms with Crippen LogP contribution in [0, 0.1) is 5.41 Å². The second kappa shape index (κ2) is 18.2. The van der Waals surface area contributed by atoms with Crippen LogP contribution >= 0.6 is 0 Å². The number of carbonyl (C=O) groups excluding carboxylic acids is 1. The van der Waals surface area contributed by atoms with Crippen LogP contribution in [0.2, 0.25) is 0 Å². The predicted molar refractivity (Wildman–Crippen MR) is 110 cm³/mol. The zero-order valence-electron chi connectivity index (χ0n) is 17.4. The molecule has 148 valence electrons. The van der Waals surface area contributed by atoms with Crippen molar-refractivity contribution in [3.63, 3.8) is 0 Å². The van der Waals surface area contributed by atoms with Gasteiger partial charge < -0.3 is 9.53 Å². The number of hydrogen-bond acceptors (Lipinski definition) is 2. The standard InChI is InChI=1S/C23H44O2/c1-4-5-6-7-8-9-10-11-12-13-14-15-16-17-18-19-20-25-22-23(2,3)21-24/h11-12,21H,4-10,13-20,22H2,1-3H3. The average Bonchev–Trinajstić information content (AvgIpc) is 2.60. The number of unbranched alkanes of at least 4 members (excludes halogenated alkanes) is 12. The SMILES string of the molecule is CCCCCCCCC=CCCCCCCCCOCC(C)(C)C=O. The molecule has 0 aliphatic heterocycles. The fourth-order valence-corrected chi connectivity index (χ4v) is 2.82. The van der Waals surface area contributed by atoms with Gasteiger partial charge in [0.1, 0.15) is 6.29 Å². The molecule has 2 heteroatoms. The summed E-state index contributed by atoms with van der Waals surface area (Å²) in [7, 11) is 0. The van der Waals surface area contributed by atoms with Crippen molar-refractivity contribution < 1.29 is 9.53 Å². The Hall–Kier alpha value is -0.630. The summed E-state index contributed by atoms with van der Waals surface area (Å²) in [6.45, 7) is 7.44. The van der Waals surface area contributed by atoms with Gasteiger partial charge in [0, 0.05) is 12.0 Å². The summed E-state index contributed by atoms with van der Waals surface area (Å²) in [6.07, 6.45) is 24.3. The first-order valence-electron chi connectivity index (χ1n) is 10.8. The highest BCUT2D eigenvalue weighted by molar-refractivity contribution is 5.57. The number of ether oxygens (including phenoxy) is 1. The Kier molecular flexibility index (Phi) is 17.7. The third kappa shape index (κ3) is 19.5. The van der Waals surface area contributed by atoms with Gasteiger partial charge in [0.25, 0.3) is 0 Å².